The monoisotopic (exact) mass is 1310 g/mol. The molecular formula is C59H85N15O15S2. The Bertz CT molecular complexity index is 2930. The minimum atomic E-state index is -1.71. The van der Waals surface area contributed by atoms with Gasteiger partial charge in [0.25, 0.3) is 0 Å². The van der Waals surface area contributed by atoms with Crippen LogP contribution in [-0.4, -0.2) is 224 Å². The second kappa shape index (κ2) is 37.7. The van der Waals surface area contributed by atoms with Crippen LogP contribution in [0.25, 0.3) is 0 Å². The third-order valence-corrected chi connectivity index (χ3v) is 17.0. The Kier molecular flexibility index (Phi) is 30.4. The number of nitrogens with one attached hydrogen (secondary N) is 12. The molecule has 2 aromatic carbocycles. The molecular weight excluding hydrogens is 1220 g/mol. The fourth-order valence-corrected chi connectivity index (χ4v) is 12.3. The van der Waals surface area contributed by atoms with Crippen LogP contribution in [0, 0.1) is 5.92 Å². The second-order valence-electron chi connectivity index (χ2n) is 22.6. The quantitative estimate of drug-likeness (QED) is 0.0255. The van der Waals surface area contributed by atoms with E-state index in [9.17, 15) is 68.1 Å². The first-order chi connectivity index (χ1) is 43.3. The molecule has 0 aliphatic carbocycles. The van der Waals surface area contributed by atoms with Gasteiger partial charge in [-0.25, -0.2) is 4.98 Å². The lowest BCUT2D eigenvalue weighted by atomic mass is 10.0. The summed E-state index contributed by atoms with van der Waals surface area (Å²) < 4.78 is 0. The number of aromatic hydroxyl groups is 1. The molecule has 0 saturated carbocycles. The van der Waals surface area contributed by atoms with Gasteiger partial charge in [0.1, 0.15) is 42.2 Å². The zero-order valence-corrected chi connectivity index (χ0v) is 53.2. The Labute approximate surface area is 535 Å². The van der Waals surface area contributed by atoms with Crippen LogP contribution in [0.5, 0.6) is 5.75 Å². The molecule has 2 fully saturated rings. The second-order valence-corrected chi connectivity index (χ2v) is 25.2. The number of nitrogens with zero attached hydrogens (tertiary/aromatic N) is 3. The summed E-state index contributed by atoms with van der Waals surface area (Å²) in [5, 5.41) is 61.4. The maximum absolute atomic E-state index is 15.0. The van der Waals surface area contributed by atoms with Crippen LogP contribution in [-0.2, 0) is 76.8 Å². The van der Waals surface area contributed by atoms with Crippen molar-refractivity contribution in [3.8, 4) is 5.75 Å². The van der Waals surface area contributed by atoms with Crippen LogP contribution < -0.4 is 58.5 Å². The van der Waals surface area contributed by atoms with Crippen LogP contribution in [0.3, 0.4) is 0 Å². The zero-order valence-electron chi connectivity index (χ0n) is 51.5. The van der Waals surface area contributed by atoms with Gasteiger partial charge < -0.3 is 78.4 Å². The molecule has 3 heterocycles. The molecule has 0 spiro atoms. The first-order valence-electron chi connectivity index (χ1n) is 29.9. The summed E-state index contributed by atoms with van der Waals surface area (Å²) in [4.78, 5) is 171. The lowest BCUT2D eigenvalue weighted by Crippen LogP contribution is -2.61. The van der Waals surface area contributed by atoms with Gasteiger partial charge >= 0.3 is 5.97 Å². The fourth-order valence-electron chi connectivity index (χ4n) is 9.84. The summed E-state index contributed by atoms with van der Waals surface area (Å²) in [7, 11) is 2.43. The van der Waals surface area contributed by atoms with E-state index in [0.29, 0.717) is 23.2 Å². The normalized spacial score (nSPS) is 20.5. The van der Waals surface area contributed by atoms with Crippen molar-refractivity contribution in [1.82, 2.24) is 78.3 Å². The molecule has 15 N–H and O–H groups in total. The molecule has 498 valence electrons. The van der Waals surface area contributed by atoms with Gasteiger partial charge in [-0.3, -0.25) is 67.8 Å². The largest absolute Gasteiger partial charge is 0.508 e. The summed E-state index contributed by atoms with van der Waals surface area (Å²) >= 11 is 0. The molecule has 11 amide bonds. The van der Waals surface area contributed by atoms with Crippen LogP contribution >= 0.6 is 21.6 Å². The number of amides is 11. The van der Waals surface area contributed by atoms with Crippen LogP contribution in [0.1, 0.15) is 77.1 Å². The first-order valence-corrected chi connectivity index (χ1v) is 32.4. The van der Waals surface area contributed by atoms with Crippen molar-refractivity contribution in [1.29, 1.82) is 0 Å². The predicted octanol–water partition coefficient (Wildman–Crippen LogP) is -2.94. The van der Waals surface area contributed by atoms with E-state index >= 15 is 4.79 Å². The summed E-state index contributed by atoms with van der Waals surface area (Å²) in [5.74, 6) is -8.83. The number of aliphatic hydroxyl groups is 1. The SMILES string of the molecule is CC(=O)NCCN(CCNC(C)=O)CC(=O)NCC(=O)NCC(=O)N[C@@H](Cc1ccccc1)[C@H](O)NC(Cc1cnc[nH]1)C(=O)N[C@H]1CSSC[C@@H](C)NC(=O)[C@H](CC(C)C)NC(=O)[C@H](CC(=O)O)NC(=O)[C@H](Cc2ccc(O)cc2)NC(=O)[C@@H]2CCCN2C1=O. The van der Waals surface area contributed by atoms with Gasteiger partial charge in [-0.05, 0) is 61.8 Å². The van der Waals surface area contributed by atoms with E-state index < -0.39 is 133 Å². The van der Waals surface area contributed by atoms with Crippen LogP contribution in [0.15, 0.2) is 67.1 Å². The van der Waals surface area contributed by atoms with Crippen molar-refractivity contribution in [2.75, 3.05) is 63.9 Å². The summed E-state index contributed by atoms with van der Waals surface area (Å²) in [5.41, 5.74) is 1.54. The lowest BCUT2D eigenvalue weighted by Gasteiger charge is -2.32. The molecule has 2 aliphatic heterocycles. The van der Waals surface area contributed by atoms with Gasteiger partial charge in [0.2, 0.25) is 65.0 Å². The number of hydrogen-bond acceptors (Lipinski definition) is 19. The lowest BCUT2D eigenvalue weighted by molar-refractivity contribution is -0.142. The molecule has 91 heavy (non-hydrogen) atoms. The molecule has 1 unspecified atom stereocenters. The van der Waals surface area contributed by atoms with Gasteiger partial charge in [0, 0.05) is 88.9 Å². The number of aromatic nitrogens is 2. The number of carboxylic acids is 1. The number of rotatable bonds is 28. The number of phenolic OH excluding ortho intramolecular Hbond substituents is 1. The highest BCUT2D eigenvalue weighted by Crippen LogP contribution is 2.26. The summed E-state index contributed by atoms with van der Waals surface area (Å²) in [6.45, 7) is 7.80. The highest BCUT2D eigenvalue weighted by Gasteiger charge is 2.41. The Morgan fingerprint density at radius 2 is 1.35 bits per heavy atom. The third-order valence-electron chi connectivity index (χ3n) is 14.4. The van der Waals surface area contributed by atoms with E-state index in [4.69, 9.17) is 0 Å². The minimum absolute atomic E-state index is 0.00315. The summed E-state index contributed by atoms with van der Waals surface area (Å²) in [6.07, 6.45) is 0.469. The van der Waals surface area contributed by atoms with Crippen molar-refractivity contribution in [2.24, 2.45) is 5.92 Å². The number of H-pyrrole nitrogens is 1. The van der Waals surface area contributed by atoms with Gasteiger partial charge in [-0.1, -0.05) is 77.9 Å². The minimum Gasteiger partial charge on any atom is -0.508 e. The molecule has 1 aromatic heterocycles. The van der Waals surface area contributed by atoms with Crippen molar-refractivity contribution >= 4 is 92.5 Å². The van der Waals surface area contributed by atoms with E-state index in [1.807, 2.05) is 13.8 Å². The number of benzene rings is 2. The number of carbonyl (C=O) groups is 12. The molecule has 32 heteroatoms. The Hall–Kier alpha value is -8.33. The van der Waals surface area contributed by atoms with E-state index in [1.165, 1.54) is 77.1 Å². The van der Waals surface area contributed by atoms with Crippen molar-refractivity contribution in [3.63, 3.8) is 0 Å². The Balaban J connectivity index is 1.38. The fraction of sp³-hybridized carbons (Fsp3) is 0.542. The standard InChI is InChI=1S/C59H85N15O15S2/c1-34(2)22-42-53(83)66-35(3)31-90-91-32-47(59(89)74-19-9-12-48(74)58(88)71-44(24-39-13-15-41(77)16-14-39)55(85)70-46(26-52(81)82)57(87)68-42)72-56(86)45(25-40-27-60-33-65-40)69-54(84)43(23-38-10-7-6-8-11-38)67-50(79)29-63-49(78)28-64-51(80)30-73(20-17-61-36(4)75)21-18-62-37(5)76/h6-8,10-11,13-16,27,33-35,42-48,54,69,77,84H,9,12,17-26,28-32H2,1-5H3,(H,60,65)(H,61,75)(H,62,76)(H,63,78)(H,64,80)(H,66,83)(H,67,79)(H,68,87)(H,70,85)(H,71,88)(H,72,86)(H,81,82)/t35-,42+,43+,44+,45?,46+,47+,48+,54+/m1/s1. The zero-order chi connectivity index (χ0) is 66.6. The number of aromatic amines is 1. The molecule has 2 aliphatic rings. The number of aliphatic carboxylic acids is 1. The first kappa shape index (κ1) is 73.4. The Morgan fingerprint density at radius 3 is 1.99 bits per heavy atom. The van der Waals surface area contributed by atoms with E-state index in [2.05, 4.69) is 68.5 Å². The number of phenols is 1. The third kappa shape index (κ3) is 26.6. The number of aliphatic hydroxyl groups excluding tert-OH is 1. The topological polar surface area (TPSA) is 433 Å². The highest BCUT2D eigenvalue weighted by atomic mass is 33.1. The van der Waals surface area contributed by atoms with Gasteiger partial charge in [-0.2, -0.15) is 0 Å². The molecule has 0 radical (unpaired) electrons. The average molecular weight is 1310 g/mol. The molecule has 5 rings (SSSR count). The smallest absolute Gasteiger partial charge is 0.305 e. The van der Waals surface area contributed by atoms with E-state index in [0.717, 1.165) is 0 Å². The number of carboxylic acid groups (broad SMARTS) is 1. The van der Waals surface area contributed by atoms with Crippen molar-refractivity contribution < 1.29 is 72.9 Å². The molecule has 3 aromatic rings. The van der Waals surface area contributed by atoms with E-state index in [-0.39, 0.29) is 106 Å². The number of hydrogen-bond donors (Lipinski definition) is 15. The molecule has 9 atom stereocenters. The Morgan fingerprint density at radius 1 is 0.736 bits per heavy atom. The van der Waals surface area contributed by atoms with E-state index in [1.54, 1.807) is 42.2 Å². The maximum Gasteiger partial charge on any atom is 0.305 e. The summed E-state index contributed by atoms with van der Waals surface area (Å²) in [6, 6.07) is 4.50. The molecule has 30 nitrogen and oxygen atoms in total. The molecule has 0 bridgehead atoms. The number of imidazole rings is 1. The van der Waals surface area contributed by atoms with Crippen LogP contribution in [0.2, 0.25) is 0 Å². The maximum atomic E-state index is 15.0. The van der Waals surface area contributed by atoms with Gasteiger partial charge in [0.05, 0.1) is 44.5 Å². The van der Waals surface area contributed by atoms with Gasteiger partial charge in [-0.15, -0.1) is 0 Å². The molecule has 2 saturated heterocycles. The average Bonchev–Trinajstić information content (AvgIpc) is 1.88. The van der Waals surface area contributed by atoms with Crippen molar-refractivity contribution in [2.45, 2.75) is 134 Å². The number of fused-ring (bicyclic) bond motifs is 1. The predicted molar refractivity (Wildman–Crippen MR) is 336 cm³/mol. The number of carbonyl (C=O) groups excluding carboxylic acids is 11. The van der Waals surface area contributed by atoms with Gasteiger partial charge in [0.15, 0.2) is 0 Å². The van der Waals surface area contributed by atoms with Crippen LogP contribution in [0.4, 0.5) is 0 Å². The van der Waals surface area contributed by atoms with Crippen molar-refractivity contribution in [3.05, 3.63) is 83.9 Å². The highest BCUT2D eigenvalue weighted by molar-refractivity contribution is 8.76.